The lowest BCUT2D eigenvalue weighted by atomic mass is 10.0. The molecule has 1 aliphatic heterocycles. The maximum atomic E-state index is 14.5. The molecule has 1 saturated heterocycles. The molecule has 7 heteroatoms. The molecule has 0 aromatic heterocycles. The third-order valence-corrected chi connectivity index (χ3v) is 4.65. The topological polar surface area (TPSA) is 81.9 Å². The van der Waals surface area contributed by atoms with Crippen molar-refractivity contribution in [3.63, 3.8) is 0 Å². The molecule has 3 rings (SSSR count). The van der Waals surface area contributed by atoms with Crippen LogP contribution in [0.3, 0.4) is 0 Å². The van der Waals surface area contributed by atoms with Gasteiger partial charge < -0.3 is 20.1 Å². The Labute approximate surface area is 156 Å². The van der Waals surface area contributed by atoms with Crippen LogP contribution in [0.15, 0.2) is 36.4 Å². The number of hydrogen-bond donors (Lipinski definition) is 1. The first-order valence-electron chi connectivity index (χ1n) is 8.55. The number of benzene rings is 2. The van der Waals surface area contributed by atoms with Gasteiger partial charge in [0.05, 0.1) is 14.2 Å². The molecule has 0 unspecified atom stereocenters. The van der Waals surface area contributed by atoms with E-state index in [0.29, 0.717) is 24.2 Å². The molecule has 0 radical (unpaired) electrons. The molecule has 1 atom stereocenters. The van der Waals surface area contributed by atoms with Crippen LogP contribution in [-0.2, 0) is 4.74 Å². The Bertz CT molecular complexity index is 867. The van der Waals surface area contributed by atoms with E-state index < -0.39 is 11.8 Å². The zero-order chi connectivity index (χ0) is 19.6. The Kier molecular flexibility index (Phi) is 5.41. The second-order valence-electron chi connectivity index (χ2n) is 6.40. The van der Waals surface area contributed by atoms with E-state index in [1.165, 1.54) is 20.3 Å². The van der Waals surface area contributed by atoms with Gasteiger partial charge in [0, 0.05) is 30.3 Å². The molecule has 1 amide bonds. The van der Waals surface area contributed by atoms with Gasteiger partial charge in [-0.2, -0.15) is 0 Å². The number of halogens is 1. The first kappa shape index (κ1) is 18.8. The molecule has 0 bridgehead atoms. The minimum absolute atomic E-state index is 0.0124. The molecule has 27 heavy (non-hydrogen) atoms. The zero-order valence-electron chi connectivity index (χ0n) is 15.2. The number of carbonyl (C=O) groups excluding carboxylic acids is 2. The number of ether oxygens (including phenoxy) is 2. The number of hydrogen-bond acceptors (Lipinski definition) is 5. The van der Waals surface area contributed by atoms with Gasteiger partial charge in [0.1, 0.15) is 17.1 Å². The first-order valence-corrected chi connectivity index (χ1v) is 8.55. The van der Waals surface area contributed by atoms with E-state index in [9.17, 15) is 14.0 Å². The van der Waals surface area contributed by atoms with E-state index >= 15 is 0 Å². The lowest BCUT2D eigenvalue weighted by Crippen LogP contribution is -2.31. The van der Waals surface area contributed by atoms with Gasteiger partial charge in [-0.25, -0.2) is 9.18 Å². The van der Waals surface area contributed by atoms with Crippen LogP contribution in [0.4, 0.5) is 4.39 Å². The second-order valence-corrected chi connectivity index (χ2v) is 6.40. The fraction of sp³-hybridized carbons (Fsp3) is 0.300. The van der Waals surface area contributed by atoms with Crippen molar-refractivity contribution in [1.82, 2.24) is 4.90 Å². The molecule has 1 heterocycles. The fourth-order valence-electron chi connectivity index (χ4n) is 3.16. The van der Waals surface area contributed by atoms with Gasteiger partial charge in [-0.3, -0.25) is 4.79 Å². The van der Waals surface area contributed by atoms with Crippen molar-refractivity contribution >= 4 is 11.9 Å². The van der Waals surface area contributed by atoms with E-state index in [1.54, 1.807) is 29.2 Å². The monoisotopic (exact) mass is 372 g/mol. The molecular weight excluding hydrogens is 351 g/mol. The molecule has 1 aliphatic rings. The van der Waals surface area contributed by atoms with Crippen LogP contribution >= 0.6 is 0 Å². The maximum Gasteiger partial charge on any atom is 0.341 e. The molecule has 2 aromatic carbocycles. The highest BCUT2D eigenvalue weighted by Gasteiger charge is 2.24. The van der Waals surface area contributed by atoms with Gasteiger partial charge >= 0.3 is 5.97 Å². The first-order chi connectivity index (χ1) is 12.9. The lowest BCUT2D eigenvalue weighted by molar-refractivity contribution is 0.0596. The number of esters is 1. The summed E-state index contributed by atoms with van der Waals surface area (Å²) in [5.74, 6) is -1.14. The molecule has 2 aromatic rings. The normalized spacial score (nSPS) is 16.3. The average Bonchev–Trinajstić information content (AvgIpc) is 3.13. The summed E-state index contributed by atoms with van der Waals surface area (Å²) < 4.78 is 24.4. The predicted molar refractivity (Wildman–Crippen MR) is 98.2 cm³/mol. The summed E-state index contributed by atoms with van der Waals surface area (Å²) in [6, 6.07) is 9.19. The summed E-state index contributed by atoms with van der Waals surface area (Å²) in [5, 5.41) is 0. The van der Waals surface area contributed by atoms with Crippen LogP contribution < -0.4 is 10.5 Å². The molecule has 0 saturated carbocycles. The van der Waals surface area contributed by atoms with Gasteiger partial charge in [0.2, 0.25) is 0 Å². The van der Waals surface area contributed by atoms with Crippen molar-refractivity contribution < 1.29 is 23.5 Å². The summed E-state index contributed by atoms with van der Waals surface area (Å²) in [4.78, 5) is 25.9. The Hall–Kier alpha value is -2.93. The van der Waals surface area contributed by atoms with E-state index in [0.717, 1.165) is 12.5 Å². The summed E-state index contributed by atoms with van der Waals surface area (Å²) in [7, 11) is 2.61. The van der Waals surface area contributed by atoms with Crippen LogP contribution in [0.5, 0.6) is 5.75 Å². The van der Waals surface area contributed by atoms with Gasteiger partial charge in [0.25, 0.3) is 5.91 Å². The SMILES string of the molecule is COC(=O)c1cc(F)c(-c2ccc(C(=O)N3CC[C@H](N)C3)cc2)cc1OC. The number of nitrogens with two attached hydrogens (primary N) is 1. The number of methoxy groups -OCH3 is 2. The highest BCUT2D eigenvalue weighted by atomic mass is 19.1. The molecule has 142 valence electrons. The van der Waals surface area contributed by atoms with Crippen LogP contribution in [0.2, 0.25) is 0 Å². The largest absolute Gasteiger partial charge is 0.496 e. The van der Waals surface area contributed by atoms with E-state index in [1.807, 2.05) is 0 Å². The molecule has 2 N–H and O–H groups in total. The number of likely N-dealkylation sites (tertiary alicyclic amines) is 1. The van der Waals surface area contributed by atoms with E-state index in [-0.39, 0.29) is 28.8 Å². The standard InChI is InChI=1S/C20H21FN2O4/c1-26-18-10-15(17(21)9-16(18)20(25)27-2)12-3-5-13(6-4-12)19(24)23-8-7-14(22)11-23/h3-6,9-10,14H,7-8,11,22H2,1-2H3/t14-/m0/s1. The van der Waals surface area contributed by atoms with Crippen molar-refractivity contribution in [1.29, 1.82) is 0 Å². The maximum absolute atomic E-state index is 14.5. The lowest BCUT2D eigenvalue weighted by Gasteiger charge is -2.16. The van der Waals surface area contributed by atoms with Crippen LogP contribution in [0.1, 0.15) is 27.1 Å². The van der Waals surface area contributed by atoms with Crippen molar-refractivity contribution in [2.24, 2.45) is 5.73 Å². The highest BCUT2D eigenvalue weighted by molar-refractivity contribution is 5.95. The Morgan fingerprint density at radius 3 is 2.44 bits per heavy atom. The van der Waals surface area contributed by atoms with Crippen molar-refractivity contribution in [3.05, 3.63) is 53.3 Å². The Morgan fingerprint density at radius 1 is 1.19 bits per heavy atom. The zero-order valence-corrected chi connectivity index (χ0v) is 15.2. The smallest absolute Gasteiger partial charge is 0.341 e. The molecule has 6 nitrogen and oxygen atoms in total. The van der Waals surface area contributed by atoms with Gasteiger partial charge in [-0.1, -0.05) is 12.1 Å². The molecule has 0 spiro atoms. The van der Waals surface area contributed by atoms with Gasteiger partial charge in [0.15, 0.2) is 0 Å². The van der Waals surface area contributed by atoms with Crippen LogP contribution in [0, 0.1) is 5.82 Å². The third-order valence-electron chi connectivity index (χ3n) is 4.65. The van der Waals surface area contributed by atoms with Crippen molar-refractivity contribution in [3.8, 4) is 16.9 Å². The van der Waals surface area contributed by atoms with Gasteiger partial charge in [-0.05, 0) is 36.2 Å². The third kappa shape index (κ3) is 3.78. The molecule has 0 aliphatic carbocycles. The quantitative estimate of drug-likeness (QED) is 0.834. The van der Waals surface area contributed by atoms with E-state index in [2.05, 4.69) is 4.74 Å². The number of carbonyl (C=O) groups is 2. The number of nitrogens with zero attached hydrogens (tertiary/aromatic N) is 1. The molecular formula is C20H21FN2O4. The summed E-state index contributed by atoms with van der Waals surface area (Å²) in [6.07, 6.45) is 0.793. The Balaban J connectivity index is 1.89. The van der Waals surface area contributed by atoms with Crippen molar-refractivity contribution in [2.45, 2.75) is 12.5 Å². The Morgan fingerprint density at radius 2 is 1.89 bits per heavy atom. The predicted octanol–water partition coefficient (Wildman–Crippen LogP) is 2.46. The fourth-order valence-corrected chi connectivity index (χ4v) is 3.16. The van der Waals surface area contributed by atoms with E-state index in [4.69, 9.17) is 10.5 Å². The highest BCUT2D eigenvalue weighted by Crippen LogP contribution is 2.31. The summed E-state index contributed by atoms with van der Waals surface area (Å²) in [5.41, 5.74) is 7.21. The minimum atomic E-state index is -0.679. The van der Waals surface area contributed by atoms with Crippen molar-refractivity contribution in [2.75, 3.05) is 27.3 Å². The summed E-state index contributed by atoms with van der Waals surface area (Å²) >= 11 is 0. The van der Waals surface area contributed by atoms with Crippen LogP contribution in [-0.4, -0.2) is 50.1 Å². The molecule has 1 fully saturated rings. The van der Waals surface area contributed by atoms with Crippen LogP contribution in [0.25, 0.3) is 11.1 Å². The second kappa shape index (κ2) is 7.75. The summed E-state index contributed by atoms with van der Waals surface area (Å²) in [6.45, 7) is 1.18. The van der Waals surface area contributed by atoms with Gasteiger partial charge in [-0.15, -0.1) is 0 Å². The average molecular weight is 372 g/mol. The number of amides is 1. The number of rotatable bonds is 4. The minimum Gasteiger partial charge on any atom is -0.496 e.